The molecular weight excluding hydrogens is 416 g/mol. The van der Waals surface area contributed by atoms with Crippen LogP contribution < -0.4 is 0 Å². The van der Waals surface area contributed by atoms with Gasteiger partial charge in [-0.15, -0.1) is 0 Å². The van der Waals surface area contributed by atoms with Crippen molar-refractivity contribution >= 4 is 19.1 Å². The summed E-state index contributed by atoms with van der Waals surface area (Å²) in [5.41, 5.74) is 3.59. The van der Waals surface area contributed by atoms with Crippen LogP contribution in [0.4, 0.5) is 0 Å². The summed E-state index contributed by atoms with van der Waals surface area (Å²) in [4.78, 5) is 0.847. The molecule has 0 aliphatic heterocycles. The molecule has 170 valence electrons. The predicted molar refractivity (Wildman–Crippen MR) is 136 cm³/mol. The van der Waals surface area contributed by atoms with Crippen molar-refractivity contribution in [3.05, 3.63) is 64.6 Å². The van der Waals surface area contributed by atoms with Crippen LogP contribution in [0.2, 0.25) is 18.1 Å². The monoisotopic (exact) mass is 456 g/mol. The van der Waals surface area contributed by atoms with E-state index < -0.39 is 19.1 Å². The molecular formula is C27H40O2SSi. The fraction of sp³-hybridized carbons (Fsp3) is 0.556. The molecule has 4 heteroatoms. The van der Waals surface area contributed by atoms with Gasteiger partial charge in [-0.25, -0.2) is 4.21 Å². The Labute approximate surface area is 193 Å². The lowest BCUT2D eigenvalue weighted by atomic mass is 9.54. The highest BCUT2D eigenvalue weighted by Crippen LogP contribution is 2.59. The van der Waals surface area contributed by atoms with Crippen molar-refractivity contribution in [2.24, 2.45) is 10.8 Å². The van der Waals surface area contributed by atoms with Crippen LogP contribution in [0.5, 0.6) is 0 Å². The number of hydrogen-bond acceptors (Lipinski definition) is 2. The summed E-state index contributed by atoms with van der Waals surface area (Å²) in [5, 5.41) is 2.15. The van der Waals surface area contributed by atoms with Gasteiger partial charge in [0.2, 0.25) is 0 Å². The molecule has 1 saturated carbocycles. The first-order chi connectivity index (χ1) is 14.2. The van der Waals surface area contributed by atoms with E-state index in [1.165, 1.54) is 16.7 Å². The van der Waals surface area contributed by atoms with Crippen molar-refractivity contribution in [2.75, 3.05) is 0 Å². The summed E-state index contributed by atoms with van der Waals surface area (Å²) in [6, 6.07) is 9.77. The Morgan fingerprint density at radius 2 is 1.71 bits per heavy atom. The average Bonchev–Trinajstić information content (AvgIpc) is 2.66. The van der Waals surface area contributed by atoms with E-state index in [1.807, 2.05) is 35.7 Å². The summed E-state index contributed by atoms with van der Waals surface area (Å²) >= 11 is 0. The lowest BCUT2D eigenvalue weighted by Crippen LogP contribution is -2.54. The molecule has 1 aromatic carbocycles. The van der Waals surface area contributed by atoms with Crippen molar-refractivity contribution in [3.8, 4) is 0 Å². The number of fused-ring (bicyclic) bond motifs is 1. The third-order valence-corrected chi connectivity index (χ3v) is 13.6. The minimum Gasteiger partial charge on any atom is -0.413 e. The molecule has 0 amide bonds. The lowest BCUT2D eigenvalue weighted by molar-refractivity contribution is 0.0375. The first-order valence-corrected chi connectivity index (χ1v) is 15.6. The normalized spacial score (nSPS) is 28.5. The molecule has 2 nitrogen and oxygen atoms in total. The van der Waals surface area contributed by atoms with Gasteiger partial charge in [-0.2, -0.15) is 0 Å². The maximum Gasteiger partial charge on any atom is 0.192 e. The van der Waals surface area contributed by atoms with E-state index in [1.54, 1.807) is 0 Å². The molecule has 3 atom stereocenters. The molecule has 3 unspecified atom stereocenters. The van der Waals surface area contributed by atoms with Gasteiger partial charge >= 0.3 is 0 Å². The topological polar surface area (TPSA) is 26.3 Å². The lowest BCUT2D eigenvalue weighted by Gasteiger charge is -2.55. The Balaban J connectivity index is 2.13. The maximum atomic E-state index is 13.3. The van der Waals surface area contributed by atoms with Gasteiger partial charge in [0.05, 0.1) is 16.9 Å². The average molecular weight is 457 g/mol. The second-order valence-corrected chi connectivity index (χ2v) is 17.6. The largest absolute Gasteiger partial charge is 0.413 e. The van der Waals surface area contributed by atoms with Crippen molar-refractivity contribution in [1.82, 2.24) is 0 Å². The molecule has 1 aromatic rings. The standard InChI is InChI=1S/C27H40O2SSi/c1-20-15-16-23-26(5,6)18-17-24(29-31(8,9)25(2,3)4)27(23,7)22(20)19-30(28)21-13-11-10-12-14-21/h10-16,19,24H,17-18H2,1-9H3. The SMILES string of the molecule is CC1=CC=C2C(C)(C)CCC(O[Si](C)(C)C(C)(C)C)C2(C)C1=CS(=O)c1ccccc1. The quantitative estimate of drug-likeness (QED) is 0.432. The zero-order valence-corrected chi connectivity index (χ0v) is 22.7. The smallest absolute Gasteiger partial charge is 0.192 e. The molecule has 0 saturated heterocycles. The Morgan fingerprint density at radius 1 is 1.10 bits per heavy atom. The van der Waals surface area contributed by atoms with Gasteiger partial charge in [0, 0.05) is 15.7 Å². The minimum atomic E-state index is -1.97. The van der Waals surface area contributed by atoms with Crippen LogP contribution >= 0.6 is 0 Å². The van der Waals surface area contributed by atoms with E-state index in [0.717, 1.165) is 17.7 Å². The van der Waals surface area contributed by atoms with Crippen molar-refractivity contribution in [2.45, 2.75) is 90.4 Å². The predicted octanol–water partition coefficient (Wildman–Crippen LogP) is 7.78. The van der Waals surface area contributed by atoms with Gasteiger partial charge in [-0.3, -0.25) is 0 Å². The van der Waals surface area contributed by atoms with Gasteiger partial charge < -0.3 is 4.43 Å². The number of rotatable bonds is 4. The van der Waals surface area contributed by atoms with Crippen LogP contribution in [-0.2, 0) is 15.2 Å². The Morgan fingerprint density at radius 3 is 2.29 bits per heavy atom. The van der Waals surface area contributed by atoms with E-state index in [0.29, 0.717) is 0 Å². The van der Waals surface area contributed by atoms with E-state index in [2.05, 4.69) is 73.7 Å². The minimum absolute atomic E-state index is 0.0899. The highest BCUT2D eigenvalue weighted by Gasteiger charge is 2.54. The van der Waals surface area contributed by atoms with Gasteiger partial charge in [-0.05, 0) is 73.5 Å². The first-order valence-electron chi connectivity index (χ1n) is 11.5. The van der Waals surface area contributed by atoms with E-state index >= 15 is 0 Å². The van der Waals surface area contributed by atoms with Crippen molar-refractivity contribution in [3.63, 3.8) is 0 Å². The van der Waals surface area contributed by atoms with Crippen LogP contribution in [0, 0.1) is 10.8 Å². The number of benzene rings is 1. The molecule has 0 bridgehead atoms. The highest BCUT2D eigenvalue weighted by molar-refractivity contribution is 7.88. The Kier molecular flexibility index (Phi) is 6.52. The molecule has 2 aliphatic rings. The third-order valence-electron chi connectivity index (χ3n) is 7.89. The first kappa shape index (κ1) is 24.4. The summed E-state index contributed by atoms with van der Waals surface area (Å²) < 4.78 is 20.4. The van der Waals surface area contributed by atoms with Gasteiger partial charge in [0.25, 0.3) is 0 Å². The molecule has 2 aliphatic carbocycles. The van der Waals surface area contributed by atoms with Gasteiger partial charge in [0.1, 0.15) is 0 Å². The fourth-order valence-electron chi connectivity index (χ4n) is 4.87. The van der Waals surface area contributed by atoms with Crippen molar-refractivity contribution in [1.29, 1.82) is 0 Å². The van der Waals surface area contributed by atoms with Gasteiger partial charge in [-0.1, -0.05) is 70.5 Å². The molecule has 0 aromatic heterocycles. The molecule has 0 N–H and O–H groups in total. The van der Waals surface area contributed by atoms with E-state index in [-0.39, 0.29) is 22.0 Å². The Hall–Kier alpha value is -1.23. The second kappa shape index (κ2) is 8.28. The molecule has 0 spiro atoms. The van der Waals surface area contributed by atoms with Crippen molar-refractivity contribution < 1.29 is 8.63 Å². The van der Waals surface area contributed by atoms with E-state index in [9.17, 15) is 4.21 Å². The fourth-order valence-corrected chi connectivity index (χ4v) is 7.50. The molecule has 3 rings (SSSR count). The zero-order valence-electron chi connectivity index (χ0n) is 20.8. The summed E-state index contributed by atoms with van der Waals surface area (Å²) in [6.07, 6.45) is 6.75. The van der Waals surface area contributed by atoms with E-state index in [4.69, 9.17) is 4.43 Å². The second-order valence-electron chi connectivity index (χ2n) is 11.6. The van der Waals surface area contributed by atoms with Crippen LogP contribution in [0.3, 0.4) is 0 Å². The molecule has 0 heterocycles. The summed E-state index contributed by atoms with van der Waals surface area (Å²) in [5.74, 6) is 0. The van der Waals surface area contributed by atoms with Gasteiger partial charge in [0.15, 0.2) is 8.32 Å². The number of allylic oxidation sites excluding steroid dienone is 3. The van der Waals surface area contributed by atoms with Crippen LogP contribution in [0.1, 0.15) is 61.3 Å². The Bertz CT molecular complexity index is 947. The van der Waals surface area contributed by atoms with Crippen LogP contribution in [0.25, 0.3) is 0 Å². The highest BCUT2D eigenvalue weighted by atomic mass is 32.2. The maximum absolute atomic E-state index is 13.3. The molecule has 0 radical (unpaired) electrons. The van der Waals surface area contributed by atoms with Crippen LogP contribution in [0.15, 0.2) is 69.5 Å². The van der Waals surface area contributed by atoms with Crippen LogP contribution in [-0.4, -0.2) is 18.6 Å². The third kappa shape index (κ3) is 4.49. The summed E-state index contributed by atoms with van der Waals surface area (Å²) in [7, 11) is -3.16. The summed E-state index contributed by atoms with van der Waals surface area (Å²) in [6.45, 7) is 20.8. The number of hydrogen-bond donors (Lipinski definition) is 0. The molecule has 1 fully saturated rings. The zero-order chi connectivity index (χ0) is 23.2. The molecule has 31 heavy (non-hydrogen) atoms.